The Bertz CT molecular complexity index is 1280. The van der Waals surface area contributed by atoms with Gasteiger partial charge in [-0.25, -0.2) is 4.98 Å². The van der Waals surface area contributed by atoms with Crippen LogP contribution in [0.1, 0.15) is 11.1 Å². The van der Waals surface area contributed by atoms with Crippen molar-refractivity contribution >= 4 is 66.4 Å². The van der Waals surface area contributed by atoms with Crippen LogP contribution in [0.5, 0.6) is 0 Å². The van der Waals surface area contributed by atoms with Crippen molar-refractivity contribution in [2.24, 2.45) is 5.10 Å². The Labute approximate surface area is 186 Å². The summed E-state index contributed by atoms with van der Waals surface area (Å²) in [5, 5.41) is 6.43. The number of benzene rings is 3. The van der Waals surface area contributed by atoms with Crippen molar-refractivity contribution in [2.45, 2.75) is 6.54 Å². The highest BCUT2D eigenvalue weighted by molar-refractivity contribution is 14.1. The van der Waals surface area contributed by atoms with Gasteiger partial charge >= 0.3 is 0 Å². The summed E-state index contributed by atoms with van der Waals surface area (Å²) in [6.45, 7) is 0.830. The summed E-state index contributed by atoms with van der Waals surface area (Å²) in [7, 11) is 0. The molecule has 0 fully saturated rings. The second-order valence-electron chi connectivity index (χ2n) is 6.71. The zero-order valence-corrected chi connectivity index (χ0v) is 18.4. The monoisotopic (exact) mass is 508 g/mol. The van der Waals surface area contributed by atoms with E-state index in [9.17, 15) is 0 Å². The van der Waals surface area contributed by atoms with Crippen molar-refractivity contribution in [1.29, 1.82) is 0 Å². The fourth-order valence-corrected chi connectivity index (χ4v) is 4.55. The number of para-hydroxylation sites is 2. The maximum absolute atomic E-state index is 4.56. The smallest absolute Gasteiger partial charge is 0.204 e. The van der Waals surface area contributed by atoms with Crippen LogP contribution in [-0.2, 0) is 6.54 Å². The number of thiazole rings is 1. The summed E-state index contributed by atoms with van der Waals surface area (Å²) in [5.74, 6) is 0. The van der Waals surface area contributed by atoms with Crippen molar-refractivity contribution in [1.82, 2.24) is 9.55 Å². The maximum atomic E-state index is 4.56. The molecule has 0 unspecified atom stereocenters. The van der Waals surface area contributed by atoms with Gasteiger partial charge in [0.1, 0.15) is 0 Å². The third-order valence-corrected chi connectivity index (χ3v) is 6.40. The molecule has 142 valence electrons. The molecule has 0 bridgehead atoms. The molecule has 4 nitrogen and oxygen atoms in total. The first-order valence-corrected chi connectivity index (χ1v) is 11.1. The molecular weight excluding hydrogens is 491 g/mol. The first-order valence-electron chi connectivity index (χ1n) is 9.23. The second-order valence-corrected chi connectivity index (χ2v) is 8.99. The molecule has 2 aromatic heterocycles. The maximum Gasteiger partial charge on any atom is 0.204 e. The Kier molecular flexibility index (Phi) is 5.03. The van der Waals surface area contributed by atoms with Crippen LogP contribution >= 0.6 is 33.9 Å². The number of fused-ring (bicyclic) bond motifs is 2. The van der Waals surface area contributed by atoms with Gasteiger partial charge < -0.3 is 4.57 Å². The number of nitrogens with zero attached hydrogens (tertiary/aromatic N) is 3. The normalized spacial score (nSPS) is 11.6. The number of hydrogen-bond acceptors (Lipinski definition) is 4. The first-order chi connectivity index (χ1) is 14.3. The Hall–Kier alpha value is -2.71. The van der Waals surface area contributed by atoms with E-state index in [1.165, 1.54) is 20.0 Å². The lowest BCUT2D eigenvalue weighted by atomic mass is 10.2. The molecule has 0 saturated heterocycles. The quantitative estimate of drug-likeness (QED) is 0.171. The largest absolute Gasteiger partial charge is 0.342 e. The van der Waals surface area contributed by atoms with E-state index in [1.807, 2.05) is 24.4 Å². The molecule has 3 aromatic carbocycles. The summed E-state index contributed by atoms with van der Waals surface area (Å²) < 4.78 is 4.67. The molecule has 6 heteroatoms. The molecular formula is C23H17IN4S. The lowest BCUT2D eigenvalue weighted by molar-refractivity contribution is 0.836. The fourth-order valence-electron chi connectivity index (χ4n) is 3.37. The van der Waals surface area contributed by atoms with E-state index < -0.39 is 0 Å². The van der Waals surface area contributed by atoms with Crippen molar-refractivity contribution in [3.8, 4) is 0 Å². The predicted molar refractivity (Wildman–Crippen MR) is 131 cm³/mol. The van der Waals surface area contributed by atoms with Crippen molar-refractivity contribution in [3.63, 3.8) is 0 Å². The topological polar surface area (TPSA) is 42.2 Å². The van der Waals surface area contributed by atoms with E-state index in [4.69, 9.17) is 0 Å². The average Bonchev–Trinajstić information content (AvgIpc) is 3.31. The SMILES string of the molecule is Ic1ccc(Cn2cc(C=NNc3nc4ccccc4s3)c3ccccc32)cc1. The van der Waals surface area contributed by atoms with Crippen LogP contribution in [0.25, 0.3) is 21.1 Å². The minimum Gasteiger partial charge on any atom is -0.342 e. The molecule has 5 rings (SSSR count). The van der Waals surface area contributed by atoms with Crippen LogP contribution in [0.3, 0.4) is 0 Å². The van der Waals surface area contributed by atoms with Gasteiger partial charge in [-0.3, -0.25) is 5.43 Å². The highest BCUT2D eigenvalue weighted by atomic mass is 127. The van der Waals surface area contributed by atoms with Crippen LogP contribution in [0.15, 0.2) is 84.1 Å². The molecule has 2 heterocycles. The van der Waals surface area contributed by atoms with Crippen LogP contribution in [0, 0.1) is 3.57 Å². The van der Waals surface area contributed by atoms with E-state index in [1.54, 1.807) is 11.3 Å². The van der Waals surface area contributed by atoms with E-state index in [0.29, 0.717) is 0 Å². The molecule has 0 amide bonds. The molecule has 5 aromatic rings. The van der Waals surface area contributed by atoms with Gasteiger partial charge in [0.2, 0.25) is 5.13 Å². The minimum absolute atomic E-state index is 0.796. The Morgan fingerprint density at radius 2 is 1.79 bits per heavy atom. The average molecular weight is 508 g/mol. The molecule has 0 radical (unpaired) electrons. The van der Waals surface area contributed by atoms with Crippen molar-refractivity contribution in [2.75, 3.05) is 5.43 Å². The van der Waals surface area contributed by atoms with Gasteiger partial charge in [0, 0.05) is 32.8 Å². The number of nitrogens with one attached hydrogen (secondary N) is 1. The third kappa shape index (κ3) is 3.90. The summed E-state index contributed by atoms with van der Waals surface area (Å²) in [6.07, 6.45) is 4.03. The van der Waals surface area contributed by atoms with Gasteiger partial charge in [0.05, 0.1) is 16.4 Å². The molecule has 0 atom stereocenters. The van der Waals surface area contributed by atoms with Crippen LogP contribution < -0.4 is 5.43 Å². The Morgan fingerprint density at radius 3 is 2.66 bits per heavy atom. The van der Waals surface area contributed by atoms with Crippen molar-refractivity contribution in [3.05, 3.63) is 93.7 Å². The molecule has 29 heavy (non-hydrogen) atoms. The van der Waals surface area contributed by atoms with Gasteiger partial charge in [0.25, 0.3) is 0 Å². The molecule has 1 N–H and O–H groups in total. The summed E-state index contributed by atoms with van der Waals surface area (Å²) in [5.41, 5.74) is 7.63. The highest BCUT2D eigenvalue weighted by Gasteiger charge is 2.07. The number of anilines is 1. The predicted octanol–water partition coefficient (Wildman–Crippen LogP) is 6.35. The van der Waals surface area contributed by atoms with Crippen LogP contribution in [0.4, 0.5) is 5.13 Å². The summed E-state index contributed by atoms with van der Waals surface area (Å²) in [6, 6.07) is 25.2. The summed E-state index contributed by atoms with van der Waals surface area (Å²) in [4.78, 5) is 4.56. The van der Waals surface area contributed by atoms with E-state index >= 15 is 0 Å². The van der Waals surface area contributed by atoms with Gasteiger partial charge in [-0.1, -0.05) is 53.8 Å². The lowest BCUT2D eigenvalue weighted by Gasteiger charge is -2.05. The zero-order chi connectivity index (χ0) is 19.6. The molecule has 0 aliphatic carbocycles. The Morgan fingerprint density at radius 1 is 1.00 bits per heavy atom. The van der Waals surface area contributed by atoms with Crippen LogP contribution in [0.2, 0.25) is 0 Å². The van der Waals surface area contributed by atoms with Gasteiger partial charge in [-0.05, 0) is 58.5 Å². The van der Waals surface area contributed by atoms with Gasteiger partial charge in [0.15, 0.2) is 0 Å². The standard InChI is InChI=1S/C23H17IN4S/c24-18-11-9-16(10-12-18)14-28-15-17(19-5-1-3-7-21(19)28)13-25-27-23-26-20-6-2-4-8-22(20)29-23/h1-13,15H,14H2,(H,26,27). The third-order valence-electron chi connectivity index (χ3n) is 4.74. The first kappa shape index (κ1) is 18.3. The van der Waals surface area contributed by atoms with Gasteiger partial charge in [-0.2, -0.15) is 5.10 Å². The lowest BCUT2D eigenvalue weighted by Crippen LogP contribution is -1.97. The number of hydrazone groups is 1. The van der Waals surface area contributed by atoms with Gasteiger partial charge in [-0.15, -0.1) is 0 Å². The second kappa shape index (κ2) is 7.96. The molecule has 0 aliphatic rings. The van der Waals surface area contributed by atoms with E-state index in [2.05, 4.69) is 103 Å². The minimum atomic E-state index is 0.796. The molecule has 0 spiro atoms. The zero-order valence-electron chi connectivity index (χ0n) is 15.4. The van der Waals surface area contributed by atoms with E-state index in [0.717, 1.165) is 27.5 Å². The molecule has 0 saturated carbocycles. The number of rotatable bonds is 5. The number of halogens is 1. The van der Waals surface area contributed by atoms with Crippen LogP contribution in [-0.4, -0.2) is 15.8 Å². The molecule has 0 aliphatic heterocycles. The van der Waals surface area contributed by atoms with E-state index in [-0.39, 0.29) is 0 Å². The van der Waals surface area contributed by atoms with Crippen molar-refractivity contribution < 1.29 is 0 Å². The Balaban J connectivity index is 1.42. The fraction of sp³-hybridized carbons (Fsp3) is 0.0435. The highest BCUT2D eigenvalue weighted by Crippen LogP contribution is 2.26. The number of hydrogen-bond donors (Lipinski definition) is 1. The summed E-state index contributed by atoms with van der Waals surface area (Å²) >= 11 is 3.94. The number of aromatic nitrogens is 2.